The number of amidine groups is 1. The lowest BCUT2D eigenvalue weighted by molar-refractivity contribution is -0.436. The number of ether oxygens (including phenoxy) is 2. The summed E-state index contributed by atoms with van der Waals surface area (Å²) < 4.78 is 28.8. The molecule has 5 rings (SSSR count). The maximum absolute atomic E-state index is 14.5. The van der Waals surface area contributed by atoms with Gasteiger partial charge in [-0.15, -0.1) is 0 Å². The summed E-state index contributed by atoms with van der Waals surface area (Å²) in [6.45, 7) is 9.74. The molecule has 1 saturated heterocycles. The minimum absolute atomic E-state index is 0.0985. The van der Waals surface area contributed by atoms with Crippen molar-refractivity contribution in [3.8, 4) is 11.5 Å². The minimum atomic E-state index is -3.93. The number of fused-ring (bicyclic) bond motifs is 1. The smallest absolute Gasteiger partial charge is 0.482 e. The minimum Gasteiger partial charge on any atom is -0.497 e. The van der Waals surface area contributed by atoms with Gasteiger partial charge < -0.3 is 14.4 Å². The van der Waals surface area contributed by atoms with E-state index in [1.165, 1.54) is 0 Å². The van der Waals surface area contributed by atoms with Gasteiger partial charge in [0.15, 0.2) is 0 Å². The van der Waals surface area contributed by atoms with Crippen LogP contribution in [0, 0.1) is 11.8 Å². The molecule has 0 aliphatic carbocycles. The quantitative estimate of drug-likeness (QED) is 0.561. The van der Waals surface area contributed by atoms with E-state index in [1.807, 2.05) is 48.5 Å². The molecule has 1 unspecified atom stereocenters. The summed E-state index contributed by atoms with van der Waals surface area (Å²) in [4.78, 5) is 16.2. The van der Waals surface area contributed by atoms with Crippen LogP contribution in [0.1, 0.15) is 27.7 Å². The van der Waals surface area contributed by atoms with Crippen molar-refractivity contribution in [2.24, 2.45) is 11.8 Å². The Morgan fingerprint density at radius 3 is 1.86 bits per heavy atom. The lowest BCUT2D eigenvalue weighted by Crippen LogP contribution is -2.41. The molecule has 1 fully saturated rings. The Morgan fingerprint density at radius 1 is 0.861 bits per heavy atom. The van der Waals surface area contributed by atoms with E-state index >= 15 is 0 Å². The van der Waals surface area contributed by atoms with Crippen molar-refractivity contribution in [1.82, 2.24) is 4.67 Å². The first kappa shape index (κ1) is 24.7. The first-order valence-corrected chi connectivity index (χ1v) is 14.1. The van der Waals surface area contributed by atoms with Crippen LogP contribution in [0.15, 0.2) is 60.4 Å². The maximum Gasteiger partial charge on any atom is 0.482 e. The third-order valence-electron chi connectivity index (χ3n) is 7.52. The van der Waals surface area contributed by atoms with E-state index in [0.29, 0.717) is 13.1 Å². The van der Waals surface area contributed by atoms with Crippen LogP contribution in [-0.2, 0) is 4.57 Å². The number of benzene rings is 2. The molecule has 8 nitrogen and oxygen atoms in total. The monoisotopic (exact) mass is 511 g/mol. The number of nitrogens with zero attached hydrogens (tertiary/aromatic N) is 4. The van der Waals surface area contributed by atoms with Crippen molar-refractivity contribution < 1.29 is 23.3 Å². The molecule has 2 aromatic carbocycles. The van der Waals surface area contributed by atoms with E-state index in [0.717, 1.165) is 34.5 Å². The van der Waals surface area contributed by atoms with Crippen molar-refractivity contribution in [3.63, 3.8) is 0 Å². The SMILES string of the molecule is COc1ccc(N2C[C@H](C(C)C)N3C2=CC2=[N+]([C@@H](C(C)C)CN2c2ccc(OC)cc2)P3(=O)O)cc1. The lowest BCUT2D eigenvalue weighted by atomic mass is 10.1. The second kappa shape index (κ2) is 9.16. The van der Waals surface area contributed by atoms with E-state index in [-0.39, 0.29) is 23.9 Å². The first-order valence-electron chi connectivity index (χ1n) is 12.5. The van der Waals surface area contributed by atoms with Crippen molar-refractivity contribution in [1.29, 1.82) is 0 Å². The second-order valence-electron chi connectivity index (χ2n) is 10.3. The van der Waals surface area contributed by atoms with Gasteiger partial charge in [0.1, 0.15) is 35.6 Å². The summed E-state index contributed by atoms with van der Waals surface area (Å²) in [5.41, 5.74) is 1.94. The number of anilines is 2. The zero-order valence-corrected chi connectivity index (χ0v) is 22.7. The highest BCUT2D eigenvalue weighted by atomic mass is 31.2. The second-order valence-corrected chi connectivity index (χ2v) is 12.2. The van der Waals surface area contributed by atoms with Gasteiger partial charge in [0.05, 0.1) is 26.3 Å². The van der Waals surface area contributed by atoms with Crippen molar-refractivity contribution >= 4 is 24.9 Å². The topological polar surface area (TPSA) is 68.5 Å². The fraction of sp³-hybridized carbons (Fsp3) is 0.444. The van der Waals surface area contributed by atoms with Crippen LogP contribution < -0.4 is 19.3 Å². The Morgan fingerprint density at radius 2 is 1.39 bits per heavy atom. The summed E-state index contributed by atoms with van der Waals surface area (Å²) in [7, 11) is -0.632. The molecular formula is C27H36N4O4P+. The third-order valence-corrected chi connectivity index (χ3v) is 9.64. The van der Waals surface area contributed by atoms with Crippen LogP contribution in [0.25, 0.3) is 0 Å². The number of rotatable bonds is 6. The van der Waals surface area contributed by atoms with E-state index in [4.69, 9.17) is 9.47 Å². The average Bonchev–Trinajstić information content (AvgIpc) is 3.45. The summed E-state index contributed by atoms with van der Waals surface area (Å²) in [6.07, 6.45) is 2.09. The lowest BCUT2D eigenvalue weighted by Gasteiger charge is -2.35. The van der Waals surface area contributed by atoms with Gasteiger partial charge in [0.25, 0.3) is 5.84 Å². The zero-order chi connectivity index (χ0) is 25.8. The Balaban J connectivity index is 1.66. The van der Waals surface area contributed by atoms with Gasteiger partial charge in [-0.25, -0.2) is 14.1 Å². The van der Waals surface area contributed by atoms with Crippen LogP contribution in [0.5, 0.6) is 11.5 Å². The molecule has 0 aromatic heterocycles. The molecule has 2 aromatic rings. The zero-order valence-electron chi connectivity index (χ0n) is 21.8. The molecule has 0 amide bonds. The molecular weight excluding hydrogens is 475 g/mol. The van der Waals surface area contributed by atoms with Crippen LogP contribution in [0.3, 0.4) is 0 Å². The standard InChI is InChI=1S/C27H35N4O4P/c1-18(2)24-16-28(20-7-11-22(34-5)12-8-20)26-15-27-29(21-9-13-23(35-6)14-10-21)17-25(19(3)4)31(27)36(32,33)30(24)26/h7-15,18-19,24-25H,16-17H2,1-6H3/p+1/t24-,25-/m1/s1. The van der Waals surface area contributed by atoms with E-state index < -0.39 is 7.67 Å². The summed E-state index contributed by atoms with van der Waals surface area (Å²) in [6, 6.07) is 15.5. The van der Waals surface area contributed by atoms with Crippen molar-refractivity contribution in [2.45, 2.75) is 39.8 Å². The Bertz CT molecular complexity index is 1240. The summed E-state index contributed by atoms with van der Waals surface area (Å²) in [5, 5.41) is 0. The molecule has 0 radical (unpaired) electrons. The molecule has 0 saturated carbocycles. The molecule has 3 aliphatic rings. The molecule has 3 atom stereocenters. The van der Waals surface area contributed by atoms with E-state index in [2.05, 4.69) is 43.6 Å². The first-order chi connectivity index (χ1) is 17.2. The summed E-state index contributed by atoms with van der Waals surface area (Å²) >= 11 is 0. The van der Waals surface area contributed by atoms with Gasteiger partial charge >= 0.3 is 7.67 Å². The van der Waals surface area contributed by atoms with Gasteiger partial charge in [-0.1, -0.05) is 27.7 Å². The predicted octanol–water partition coefficient (Wildman–Crippen LogP) is 4.76. The highest BCUT2D eigenvalue weighted by Gasteiger charge is 2.59. The molecule has 3 aliphatic heterocycles. The fourth-order valence-electron chi connectivity index (χ4n) is 5.45. The Kier molecular flexibility index (Phi) is 6.29. The molecule has 9 heteroatoms. The van der Waals surface area contributed by atoms with Crippen molar-refractivity contribution in [2.75, 3.05) is 37.1 Å². The molecule has 0 spiro atoms. The largest absolute Gasteiger partial charge is 0.497 e. The van der Waals surface area contributed by atoms with E-state index in [1.54, 1.807) is 23.2 Å². The number of methoxy groups -OCH3 is 2. The van der Waals surface area contributed by atoms with Crippen LogP contribution >= 0.6 is 7.67 Å². The molecule has 1 N–H and O–H groups in total. The maximum atomic E-state index is 14.5. The van der Waals surface area contributed by atoms with E-state index in [9.17, 15) is 9.46 Å². The van der Waals surface area contributed by atoms with Crippen LogP contribution in [0.2, 0.25) is 0 Å². The molecule has 3 heterocycles. The third kappa shape index (κ3) is 3.87. The van der Waals surface area contributed by atoms with Gasteiger partial charge in [-0.05, 0) is 60.4 Å². The fourth-order valence-corrected chi connectivity index (χ4v) is 7.98. The highest BCUT2D eigenvalue weighted by Crippen LogP contribution is 2.59. The molecule has 0 bridgehead atoms. The van der Waals surface area contributed by atoms with Crippen LogP contribution in [-0.4, -0.2) is 59.1 Å². The summed E-state index contributed by atoms with van der Waals surface area (Å²) in [5.74, 6) is 3.47. The highest BCUT2D eigenvalue weighted by molar-refractivity contribution is 7.49. The van der Waals surface area contributed by atoms with Gasteiger partial charge in [-0.2, -0.15) is 4.35 Å². The molecule has 36 heavy (non-hydrogen) atoms. The molecule has 192 valence electrons. The Labute approximate surface area is 213 Å². The number of hydrogen-bond acceptors (Lipinski definition) is 5. The average molecular weight is 512 g/mol. The van der Waals surface area contributed by atoms with Gasteiger partial charge in [-0.3, -0.25) is 4.89 Å². The normalized spacial score (nSPS) is 25.5. The van der Waals surface area contributed by atoms with Gasteiger partial charge in [0, 0.05) is 12.2 Å². The number of hydrogen-bond donors (Lipinski definition) is 1. The van der Waals surface area contributed by atoms with Crippen LogP contribution in [0.4, 0.5) is 11.4 Å². The Hall–Kier alpha value is -2.96. The van der Waals surface area contributed by atoms with Crippen molar-refractivity contribution in [3.05, 3.63) is 60.4 Å². The van der Waals surface area contributed by atoms with Gasteiger partial charge in [0.2, 0.25) is 0 Å². The predicted molar refractivity (Wildman–Crippen MR) is 143 cm³/mol.